The maximum absolute atomic E-state index is 5.62. The van der Waals surface area contributed by atoms with Gasteiger partial charge in [0.25, 0.3) is 0 Å². The van der Waals surface area contributed by atoms with Gasteiger partial charge < -0.3 is 18.8 Å². The lowest BCUT2D eigenvalue weighted by Gasteiger charge is -2.24. The monoisotopic (exact) mass is 499 g/mol. The Morgan fingerprint density at radius 3 is 1.97 bits per heavy atom. The van der Waals surface area contributed by atoms with E-state index in [1.807, 2.05) is 24.4 Å². The lowest BCUT2D eigenvalue weighted by molar-refractivity contribution is 0.239. The van der Waals surface area contributed by atoms with Crippen LogP contribution in [0, 0.1) is 0 Å². The van der Waals surface area contributed by atoms with Crippen molar-refractivity contribution in [1.29, 1.82) is 0 Å². The number of nitrogens with zero attached hydrogens (tertiary/aromatic N) is 3. The minimum absolute atomic E-state index is 0.605. The first-order chi connectivity index (χ1) is 18.2. The molecule has 0 aliphatic carbocycles. The number of unbranched alkanes of at least 4 members (excludes halogenated alkanes) is 1. The number of hydrogen-bond donors (Lipinski definition) is 0. The van der Waals surface area contributed by atoms with E-state index in [-0.39, 0.29) is 0 Å². The molecule has 37 heavy (non-hydrogen) atoms. The van der Waals surface area contributed by atoms with Gasteiger partial charge >= 0.3 is 0 Å². The summed E-state index contributed by atoms with van der Waals surface area (Å²) in [5.74, 6) is 2.96. The van der Waals surface area contributed by atoms with Crippen LogP contribution in [0.4, 0.5) is 0 Å². The Balaban J connectivity index is 1.68. The molecule has 4 rings (SSSR count). The smallest absolute Gasteiger partial charge is 0.203 e. The molecule has 0 aliphatic rings. The molecule has 0 fully saturated rings. The third kappa shape index (κ3) is 6.52. The van der Waals surface area contributed by atoms with Crippen molar-refractivity contribution in [2.75, 3.05) is 21.3 Å². The predicted molar refractivity (Wildman–Crippen MR) is 148 cm³/mol. The highest BCUT2D eigenvalue weighted by atomic mass is 16.5. The molecule has 0 N–H and O–H groups in total. The van der Waals surface area contributed by atoms with Crippen LogP contribution in [-0.4, -0.2) is 35.8 Å². The average Bonchev–Trinajstić information content (AvgIpc) is 3.34. The average molecular weight is 500 g/mol. The fourth-order valence-electron chi connectivity index (χ4n) is 4.64. The van der Waals surface area contributed by atoms with Gasteiger partial charge in [-0.05, 0) is 29.7 Å². The van der Waals surface area contributed by atoms with Crippen LogP contribution < -0.4 is 14.2 Å². The molecular weight excluding hydrogens is 462 g/mol. The second-order valence-corrected chi connectivity index (χ2v) is 9.11. The second kappa shape index (κ2) is 13.0. The van der Waals surface area contributed by atoms with E-state index >= 15 is 0 Å². The Morgan fingerprint density at radius 1 is 0.757 bits per heavy atom. The molecule has 6 nitrogen and oxygen atoms in total. The topological polar surface area (TPSA) is 48.8 Å². The molecule has 0 saturated carbocycles. The highest BCUT2D eigenvalue weighted by Gasteiger charge is 2.18. The number of rotatable bonds is 13. The number of imidazole rings is 1. The molecule has 1 heterocycles. The SMILES string of the molecule is CCCCn1c(CN(Cc2ccccc2)Cc2cc(OC)c(OC)c(OC)c2)cnc1-c1ccccc1. The van der Waals surface area contributed by atoms with Gasteiger partial charge in [0.15, 0.2) is 11.5 Å². The minimum Gasteiger partial charge on any atom is -0.493 e. The number of aromatic nitrogens is 2. The van der Waals surface area contributed by atoms with Gasteiger partial charge in [0.1, 0.15) is 5.82 Å². The third-order valence-electron chi connectivity index (χ3n) is 6.47. The molecule has 194 valence electrons. The normalized spacial score (nSPS) is 11.1. The van der Waals surface area contributed by atoms with E-state index < -0.39 is 0 Å². The summed E-state index contributed by atoms with van der Waals surface area (Å²) in [7, 11) is 4.93. The lowest BCUT2D eigenvalue weighted by Crippen LogP contribution is -2.24. The van der Waals surface area contributed by atoms with Gasteiger partial charge in [-0.3, -0.25) is 4.90 Å². The molecule has 0 radical (unpaired) electrons. The summed E-state index contributed by atoms with van der Waals surface area (Å²) in [6.07, 6.45) is 4.27. The summed E-state index contributed by atoms with van der Waals surface area (Å²) in [5.41, 5.74) is 4.70. The molecule has 4 aromatic rings. The maximum atomic E-state index is 5.62. The van der Waals surface area contributed by atoms with Crippen LogP contribution in [0.5, 0.6) is 17.2 Å². The van der Waals surface area contributed by atoms with Crippen molar-refractivity contribution >= 4 is 0 Å². The summed E-state index contributed by atoms with van der Waals surface area (Å²) >= 11 is 0. The van der Waals surface area contributed by atoms with Crippen LogP contribution >= 0.6 is 0 Å². The molecule has 3 aromatic carbocycles. The second-order valence-electron chi connectivity index (χ2n) is 9.11. The zero-order valence-electron chi connectivity index (χ0n) is 22.3. The van der Waals surface area contributed by atoms with Crippen LogP contribution in [0.15, 0.2) is 79.0 Å². The minimum atomic E-state index is 0.605. The van der Waals surface area contributed by atoms with Crippen LogP contribution in [-0.2, 0) is 26.2 Å². The van der Waals surface area contributed by atoms with Gasteiger partial charge in [0.05, 0.1) is 33.2 Å². The first-order valence-corrected chi connectivity index (χ1v) is 12.8. The number of ether oxygens (including phenoxy) is 3. The van der Waals surface area contributed by atoms with Crippen molar-refractivity contribution in [1.82, 2.24) is 14.5 Å². The van der Waals surface area contributed by atoms with E-state index in [1.54, 1.807) is 21.3 Å². The van der Waals surface area contributed by atoms with Crippen LogP contribution in [0.2, 0.25) is 0 Å². The first-order valence-electron chi connectivity index (χ1n) is 12.8. The van der Waals surface area contributed by atoms with Crippen molar-refractivity contribution < 1.29 is 14.2 Å². The van der Waals surface area contributed by atoms with E-state index in [9.17, 15) is 0 Å². The molecule has 1 aromatic heterocycles. The van der Waals surface area contributed by atoms with Crippen molar-refractivity contribution in [2.45, 2.75) is 45.9 Å². The Morgan fingerprint density at radius 2 is 1.38 bits per heavy atom. The molecule has 0 unspecified atom stereocenters. The lowest BCUT2D eigenvalue weighted by atomic mass is 10.1. The third-order valence-corrected chi connectivity index (χ3v) is 6.47. The summed E-state index contributed by atoms with van der Waals surface area (Å²) in [6, 6.07) is 25.1. The van der Waals surface area contributed by atoms with E-state index in [4.69, 9.17) is 19.2 Å². The Kier molecular flexibility index (Phi) is 9.22. The van der Waals surface area contributed by atoms with Crippen molar-refractivity contribution in [3.05, 3.63) is 95.8 Å². The fourth-order valence-corrected chi connectivity index (χ4v) is 4.64. The van der Waals surface area contributed by atoms with Crippen molar-refractivity contribution in [2.24, 2.45) is 0 Å². The van der Waals surface area contributed by atoms with Crippen LogP contribution in [0.1, 0.15) is 36.6 Å². The van der Waals surface area contributed by atoms with Crippen LogP contribution in [0.3, 0.4) is 0 Å². The number of methoxy groups -OCH3 is 3. The Bertz CT molecular complexity index is 1230. The molecular formula is C31H37N3O3. The summed E-state index contributed by atoms with van der Waals surface area (Å²) in [4.78, 5) is 7.30. The molecule has 0 bridgehead atoms. The largest absolute Gasteiger partial charge is 0.493 e. The summed E-state index contributed by atoms with van der Waals surface area (Å²) < 4.78 is 19.1. The van der Waals surface area contributed by atoms with Gasteiger partial charge in [-0.25, -0.2) is 4.98 Å². The van der Waals surface area contributed by atoms with Crippen LogP contribution in [0.25, 0.3) is 11.4 Å². The van der Waals surface area contributed by atoms with Gasteiger partial charge in [0, 0.05) is 31.7 Å². The number of benzene rings is 3. The molecule has 0 spiro atoms. The zero-order chi connectivity index (χ0) is 26.0. The van der Waals surface area contributed by atoms with Gasteiger partial charge in [-0.2, -0.15) is 0 Å². The van der Waals surface area contributed by atoms with Crippen molar-refractivity contribution in [3.8, 4) is 28.6 Å². The van der Waals surface area contributed by atoms with E-state index in [1.165, 1.54) is 11.3 Å². The maximum Gasteiger partial charge on any atom is 0.203 e. The number of hydrogen-bond acceptors (Lipinski definition) is 5. The molecule has 0 amide bonds. The highest BCUT2D eigenvalue weighted by Crippen LogP contribution is 2.38. The predicted octanol–water partition coefficient (Wildman–Crippen LogP) is 6.58. The summed E-state index contributed by atoms with van der Waals surface area (Å²) in [5, 5.41) is 0. The fraction of sp³-hybridized carbons (Fsp3) is 0.323. The first kappa shape index (κ1) is 26.3. The zero-order valence-corrected chi connectivity index (χ0v) is 22.3. The van der Waals surface area contributed by atoms with E-state index in [2.05, 4.69) is 71.0 Å². The van der Waals surface area contributed by atoms with E-state index in [0.717, 1.165) is 49.4 Å². The quantitative estimate of drug-likeness (QED) is 0.208. The highest BCUT2D eigenvalue weighted by molar-refractivity contribution is 5.56. The standard InChI is InChI=1S/C31H37N3O3/c1-5-6-17-34-27(20-32-31(34)26-15-11-8-12-16-26)23-33(21-24-13-9-7-10-14-24)22-25-18-28(35-2)30(37-4)29(19-25)36-3/h7-16,18-20H,5-6,17,21-23H2,1-4H3. The van der Waals surface area contributed by atoms with Gasteiger partial charge in [0.2, 0.25) is 5.75 Å². The molecule has 0 saturated heterocycles. The van der Waals surface area contributed by atoms with E-state index in [0.29, 0.717) is 23.8 Å². The van der Waals surface area contributed by atoms with Crippen molar-refractivity contribution in [3.63, 3.8) is 0 Å². The Labute approximate surface area is 220 Å². The molecule has 0 aliphatic heterocycles. The van der Waals surface area contributed by atoms with Gasteiger partial charge in [-0.1, -0.05) is 74.0 Å². The van der Waals surface area contributed by atoms with Gasteiger partial charge in [-0.15, -0.1) is 0 Å². The molecule has 0 atom stereocenters. The molecule has 6 heteroatoms. The Hall–Kier alpha value is -3.77. The summed E-state index contributed by atoms with van der Waals surface area (Å²) in [6.45, 7) is 5.45.